The number of ether oxygens (including phenoxy) is 1. The maximum atomic E-state index is 8.64. The van der Waals surface area contributed by atoms with Gasteiger partial charge in [0.25, 0.3) is 0 Å². The zero-order valence-electron chi connectivity index (χ0n) is 11.2. The van der Waals surface area contributed by atoms with E-state index in [4.69, 9.17) is 5.21 Å². The summed E-state index contributed by atoms with van der Waals surface area (Å²) in [5.74, 6) is 0. The summed E-state index contributed by atoms with van der Waals surface area (Å²) in [6, 6.07) is 10.5. The summed E-state index contributed by atoms with van der Waals surface area (Å²) in [7, 11) is 3.25. The highest BCUT2D eigenvalue weighted by Crippen LogP contribution is 2.11. The van der Waals surface area contributed by atoms with Gasteiger partial charge in [0.2, 0.25) is 0 Å². The first-order chi connectivity index (χ1) is 8.80. The number of rotatable bonds is 2. The number of methoxy groups -OCH3 is 1. The van der Waals surface area contributed by atoms with Crippen molar-refractivity contribution in [3.63, 3.8) is 0 Å². The van der Waals surface area contributed by atoms with Crippen molar-refractivity contribution in [3.8, 4) is 0 Å². The van der Waals surface area contributed by atoms with Crippen molar-refractivity contribution in [2.45, 2.75) is 19.4 Å². The fourth-order valence-electron chi connectivity index (χ4n) is 1.91. The Hall–Kier alpha value is -1.39. The molecule has 0 aliphatic carbocycles. The predicted octanol–water partition coefficient (Wildman–Crippen LogP) is 2.38. The van der Waals surface area contributed by atoms with E-state index in [0.717, 1.165) is 38.2 Å². The molecule has 0 bridgehead atoms. The van der Waals surface area contributed by atoms with Crippen LogP contribution < -0.4 is 0 Å². The third kappa shape index (κ3) is 5.29. The molecule has 1 aromatic carbocycles. The van der Waals surface area contributed by atoms with Crippen LogP contribution in [-0.2, 0) is 11.3 Å². The highest BCUT2D eigenvalue weighted by Gasteiger charge is 2.14. The molecule has 2 rings (SSSR count). The summed E-state index contributed by atoms with van der Waals surface area (Å²) in [4.78, 5) is 2.39. The Morgan fingerprint density at radius 1 is 1.17 bits per heavy atom. The second-order valence-corrected chi connectivity index (χ2v) is 4.34. The molecule has 1 N–H and O–H groups in total. The van der Waals surface area contributed by atoms with Gasteiger partial charge >= 0.3 is 0 Å². The Labute approximate surface area is 109 Å². The molecule has 4 heteroatoms. The number of hydrogen-bond donors (Lipinski definition) is 1. The monoisotopic (exact) mass is 250 g/mol. The highest BCUT2D eigenvalue weighted by atomic mass is 16.4. The third-order valence-corrected chi connectivity index (χ3v) is 2.82. The molecule has 0 unspecified atom stereocenters. The number of oxime groups is 1. The molecule has 0 radical (unpaired) electrons. The smallest absolute Gasteiger partial charge is 0.0596 e. The summed E-state index contributed by atoms with van der Waals surface area (Å²) in [6.45, 7) is 2.99. The Bertz CT molecular complexity index is 342. The molecule has 100 valence electrons. The second kappa shape index (κ2) is 8.66. The maximum absolute atomic E-state index is 8.64. The summed E-state index contributed by atoms with van der Waals surface area (Å²) in [6.07, 6.45) is 1.78. The molecule has 0 aromatic heterocycles. The van der Waals surface area contributed by atoms with E-state index in [1.54, 1.807) is 14.2 Å². The third-order valence-electron chi connectivity index (χ3n) is 2.82. The first-order valence-electron chi connectivity index (χ1n) is 6.16. The molecule has 0 spiro atoms. The Balaban J connectivity index is 0.000000492. The lowest BCUT2D eigenvalue weighted by molar-refractivity contribution is 0.256. The number of nitrogens with zero attached hydrogens (tertiary/aromatic N) is 2. The number of benzene rings is 1. The molecule has 1 aromatic rings. The molecule has 0 amide bonds. The number of likely N-dealkylation sites (tertiary alicyclic amines) is 1. The van der Waals surface area contributed by atoms with Crippen LogP contribution in [0.15, 0.2) is 35.5 Å². The van der Waals surface area contributed by atoms with E-state index in [1.165, 1.54) is 5.56 Å². The maximum Gasteiger partial charge on any atom is 0.0596 e. The molecule has 1 aliphatic heterocycles. The molecule has 1 heterocycles. The van der Waals surface area contributed by atoms with Crippen molar-refractivity contribution in [3.05, 3.63) is 35.9 Å². The largest absolute Gasteiger partial charge is 0.411 e. The lowest BCUT2D eigenvalue weighted by atomic mass is 10.1. The molecular weight excluding hydrogens is 228 g/mol. The van der Waals surface area contributed by atoms with Crippen LogP contribution in [0.5, 0.6) is 0 Å². The standard InChI is InChI=1S/C12H16N2O.C2H6O/c15-13-12-6-8-14(9-7-12)10-11-4-2-1-3-5-11;1-3-2/h1-5,15H,6-10H2;1-2H3. The number of hydrogen-bond acceptors (Lipinski definition) is 4. The zero-order valence-corrected chi connectivity index (χ0v) is 11.2. The average molecular weight is 250 g/mol. The molecule has 0 saturated carbocycles. The lowest BCUT2D eigenvalue weighted by Crippen LogP contribution is -2.33. The van der Waals surface area contributed by atoms with Gasteiger partial charge in [0.1, 0.15) is 0 Å². The quantitative estimate of drug-likeness (QED) is 0.647. The van der Waals surface area contributed by atoms with Crippen molar-refractivity contribution in [2.24, 2.45) is 5.16 Å². The van der Waals surface area contributed by atoms with Crippen molar-refractivity contribution in [2.75, 3.05) is 27.3 Å². The van der Waals surface area contributed by atoms with Crippen LogP contribution in [-0.4, -0.2) is 43.1 Å². The first-order valence-corrected chi connectivity index (χ1v) is 6.16. The Morgan fingerprint density at radius 2 is 1.72 bits per heavy atom. The van der Waals surface area contributed by atoms with E-state index < -0.39 is 0 Å². The topological polar surface area (TPSA) is 45.1 Å². The summed E-state index contributed by atoms with van der Waals surface area (Å²) >= 11 is 0. The van der Waals surface area contributed by atoms with E-state index >= 15 is 0 Å². The molecule has 1 aliphatic rings. The van der Waals surface area contributed by atoms with E-state index in [0.29, 0.717) is 0 Å². The summed E-state index contributed by atoms with van der Waals surface area (Å²) < 4.78 is 4.25. The minimum atomic E-state index is 0.892. The van der Waals surface area contributed by atoms with Gasteiger partial charge < -0.3 is 9.94 Å². The predicted molar refractivity (Wildman–Crippen MR) is 73.1 cm³/mol. The average Bonchev–Trinajstić information content (AvgIpc) is 2.42. The van der Waals surface area contributed by atoms with Crippen LogP contribution in [0.3, 0.4) is 0 Å². The van der Waals surface area contributed by atoms with Crippen LogP contribution in [0.1, 0.15) is 18.4 Å². The number of piperidine rings is 1. The highest BCUT2D eigenvalue weighted by molar-refractivity contribution is 5.84. The minimum Gasteiger partial charge on any atom is -0.411 e. The fraction of sp³-hybridized carbons (Fsp3) is 0.500. The molecular formula is C14H22N2O2. The first kappa shape index (κ1) is 14.7. The van der Waals surface area contributed by atoms with Crippen LogP contribution in [0.2, 0.25) is 0 Å². The molecule has 0 atom stereocenters. The molecule has 18 heavy (non-hydrogen) atoms. The second-order valence-electron chi connectivity index (χ2n) is 4.34. The van der Waals surface area contributed by atoms with Gasteiger partial charge in [-0.3, -0.25) is 4.90 Å². The van der Waals surface area contributed by atoms with Crippen LogP contribution in [0, 0.1) is 0 Å². The summed E-state index contributed by atoms with van der Waals surface area (Å²) in [5.41, 5.74) is 2.28. The van der Waals surface area contributed by atoms with Crippen LogP contribution in [0.25, 0.3) is 0 Å². The molecule has 1 fully saturated rings. The van der Waals surface area contributed by atoms with Crippen LogP contribution >= 0.6 is 0 Å². The van der Waals surface area contributed by atoms with Gasteiger partial charge in [-0.1, -0.05) is 35.5 Å². The van der Waals surface area contributed by atoms with Crippen molar-refractivity contribution in [1.82, 2.24) is 4.90 Å². The van der Waals surface area contributed by atoms with Gasteiger partial charge in [0, 0.05) is 46.7 Å². The molecule has 1 saturated heterocycles. The summed E-state index contributed by atoms with van der Waals surface area (Å²) in [5, 5.41) is 11.9. The van der Waals surface area contributed by atoms with Crippen molar-refractivity contribution >= 4 is 5.71 Å². The van der Waals surface area contributed by atoms with E-state index in [2.05, 4.69) is 39.1 Å². The van der Waals surface area contributed by atoms with Gasteiger partial charge in [-0.2, -0.15) is 0 Å². The van der Waals surface area contributed by atoms with Crippen LogP contribution in [0.4, 0.5) is 0 Å². The van der Waals surface area contributed by atoms with Crippen molar-refractivity contribution < 1.29 is 9.94 Å². The van der Waals surface area contributed by atoms with Gasteiger partial charge in [-0.25, -0.2) is 0 Å². The minimum absolute atomic E-state index is 0.892. The van der Waals surface area contributed by atoms with E-state index in [9.17, 15) is 0 Å². The van der Waals surface area contributed by atoms with Gasteiger partial charge in [0.15, 0.2) is 0 Å². The van der Waals surface area contributed by atoms with E-state index in [-0.39, 0.29) is 0 Å². The van der Waals surface area contributed by atoms with Gasteiger partial charge in [-0.15, -0.1) is 0 Å². The Kier molecular flexibility index (Phi) is 7.06. The van der Waals surface area contributed by atoms with Gasteiger partial charge in [-0.05, 0) is 5.56 Å². The Morgan fingerprint density at radius 3 is 2.22 bits per heavy atom. The van der Waals surface area contributed by atoms with Gasteiger partial charge in [0.05, 0.1) is 5.71 Å². The van der Waals surface area contributed by atoms with E-state index in [1.807, 2.05) is 6.07 Å². The van der Waals surface area contributed by atoms with Crippen molar-refractivity contribution in [1.29, 1.82) is 0 Å². The SMILES string of the molecule is COC.ON=C1CCN(Cc2ccccc2)CC1. The fourth-order valence-corrected chi connectivity index (χ4v) is 1.91. The zero-order chi connectivity index (χ0) is 13.2. The lowest BCUT2D eigenvalue weighted by Gasteiger charge is -2.26. The molecule has 4 nitrogen and oxygen atoms in total. The normalized spacial score (nSPS) is 15.8.